The predicted molar refractivity (Wildman–Crippen MR) is 55.7 cm³/mol. The number of nitrogens with zero attached hydrogens (tertiary/aromatic N) is 1. The molecule has 1 aromatic carbocycles. The summed E-state index contributed by atoms with van der Waals surface area (Å²) in [6.07, 6.45) is 2.36. The molecule has 1 heterocycles. The maximum absolute atomic E-state index is 12.6. The first kappa shape index (κ1) is 9.15. The zero-order valence-electron chi connectivity index (χ0n) is 7.40. The Balaban J connectivity index is 2.19. The van der Waals surface area contributed by atoms with E-state index < -0.39 is 0 Å². The van der Waals surface area contributed by atoms with Crippen LogP contribution in [0.15, 0.2) is 30.5 Å². The molecule has 2 rings (SSSR count). The third-order valence-electron chi connectivity index (χ3n) is 1.95. The molecule has 0 spiro atoms. The number of halogens is 1. The lowest BCUT2D eigenvalue weighted by Crippen LogP contribution is -1.90. The Morgan fingerprint density at radius 2 is 2.00 bits per heavy atom. The van der Waals surface area contributed by atoms with E-state index in [2.05, 4.69) is 4.37 Å². The van der Waals surface area contributed by atoms with Crippen LogP contribution in [0.4, 0.5) is 10.1 Å². The molecule has 2 N–H and O–H groups in total. The highest BCUT2D eigenvalue weighted by molar-refractivity contribution is 7.06. The maximum atomic E-state index is 12.6. The van der Waals surface area contributed by atoms with Crippen LogP contribution in [0, 0.1) is 5.82 Å². The fourth-order valence-electron chi connectivity index (χ4n) is 1.19. The molecule has 1 aromatic heterocycles. The monoisotopic (exact) mass is 208 g/mol. The van der Waals surface area contributed by atoms with E-state index in [0.29, 0.717) is 5.69 Å². The van der Waals surface area contributed by atoms with Crippen LogP contribution in [0.1, 0.15) is 10.4 Å². The summed E-state index contributed by atoms with van der Waals surface area (Å²) in [5.41, 5.74) is 7.44. The maximum Gasteiger partial charge on any atom is 0.123 e. The Morgan fingerprint density at radius 1 is 1.29 bits per heavy atom. The summed E-state index contributed by atoms with van der Waals surface area (Å²) < 4.78 is 16.6. The van der Waals surface area contributed by atoms with Gasteiger partial charge < -0.3 is 5.73 Å². The van der Waals surface area contributed by atoms with Crippen molar-refractivity contribution in [3.05, 3.63) is 46.7 Å². The Morgan fingerprint density at radius 3 is 2.57 bits per heavy atom. The van der Waals surface area contributed by atoms with E-state index in [-0.39, 0.29) is 5.82 Å². The Bertz CT molecular complexity index is 422. The van der Waals surface area contributed by atoms with Crippen molar-refractivity contribution in [2.24, 2.45) is 0 Å². The number of benzene rings is 1. The first-order valence-electron chi connectivity index (χ1n) is 4.19. The predicted octanol–water partition coefficient (Wildman–Crippen LogP) is 2.46. The van der Waals surface area contributed by atoms with Crippen molar-refractivity contribution >= 4 is 17.2 Å². The molecule has 2 aromatic rings. The largest absolute Gasteiger partial charge is 0.397 e. The number of nitrogens with two attached hydrogens (primary N) is 1. The first-order valence-corrected chi connectivity index (χ1v) is 4.96. The van der Waals surface area contributed by atoms with Crippen LogP contribution in [0.25, 0.3) is 0 Å². The van der Waals surface area contributed by atoms with Crippen molar-refractivity contribution in [1.29, 1.82) is 0 Å². The van der Waals surface area contributed by atoms with Gasteiger partial charge >= 0.3 is 0 Å². The highest BCUT2D eigenvalue weighted by Gasteiger charge is 2.03. The van der Waals surface area contributed by atoms with Gasteiger partial charge in [-0.25, -0.2) is 4.39 Å². The second-order valence-electron chi connectivity index (χ2n) is 3.01. The summed E-state index contributed by atoms with van der Waals surface area (Å²) >= 11 is 1.38. The normalized spacial score (nSPS) is 10.4. The lowest BCUT2D eigenvalue weighted by atomic mass is 10.1. The third-order valence-corrected chi connectivity index (χ3v) is 2.77. The second kappa shape index (κ2) is 3.75. The molecule has 0 aliphatic heterocycles. The summed E-state index contributed by atoms with van der Waals surface area (Å²) in [6, 6.07) is 6.42. The van der Waals surface area contributed by atoms with Gasteiger partial charge in [0, 0.05) is 6.42 Å². The topological polar surface area (TPSA) is 38.9 Å². The standard InChI is InChI=1S/C10H9FN2S/c11-8-3-1-7(2-4-8)5-10-9(12)6-13-14-10/h1-4,6H,5,12H2. The Kier molecular flexibility index (Phi) is 2.45. The molecule has 0 bridgehead atoms. The van der Waals surface area contributed by atoms with Gasteiger partial charge in [-0.2, -0.15) is 4.37 Å². The highest BCUT2D eigenvalue weighted by atomic mass is 32.1. The third kappa shape index (κ3) is 1.90. The van der Waals surface area contributed by atoms with Crippen LogP contribution in [0.2, 0.25) is 0 Å². The molecule has 0 saturated heterocycles. The minimum absolute atomic E-state index is 0.217. The van der Waals surface area contributed by atoms with E-state index in [9.17, 15) is 4.39 Å². The number of hydrogen-bond acceptors (Lipinski definition) is 3. The quantitative estimate of drug-likeness (QED) is 0.823. The molecule has 0 atom stereocenters. The SMILES string of the molecule is Nc1cnsc1Cc1ccc(F)cc1. The summed E-state index contributed by atoms with van der Waals surface area (Å²) in [7, 11) is 0. The molecule has 0 radical (unpaired) electrons. The molecule has 0 aliphatic rings. The fourth-order valence-corrected chi connectivity index (χ4v) is 1.88. The second-order valence-corrected chi connectivity index (χ2v) is 3.89. The van der Waals surface area contributed by atoms with E-state index in [1.165, 1.54) is 23.7 Å². The molecular weight excluding hydrogens is 199 g/mol. The van der Waals surface area contributed by atoms with Gasteiger partial charge in [-0.1, -0.05) is 12.1 Å². The average molecular weight is 208 g/mol. The van der Waals surface area contributed by atoms with Gasteiger partial charge in [0.25, 0.3) is 0 Å². The number of nitrogen functional groups attached to an aromatic ring is 1. The van der Waals surface area contributed by atoms with Crippen LogP contribution in [0.5, 0.6) is 0 Å². The molecule has 14 heavy (non-hydrogen) atoms. The van der Waals surface area contributed by atoms with Crippen LogP contribution in [-0.2, 0) is 6.42 Å². The molecule has 0 unspecified atom stereocenters. The zero-order chi connectivity index (χ0) is 9.97. The van der Waals surface area contributed by atoms with E-state index in [1.54, 1.807) is 18.3 Å². The van der Waals surface area contributed by atoms with Crippen LogP contribution >= 0.6 is 11.5 Å². The van der Waals surface area contributed by atoms with Crippen molar-refractivity contribution < 1.29 is 4.39 Å². The Labute approximate surface area is 85.4 Å². The molecule has 0 amide bonds. The summed E-state index contributed by atoms with van der Waals surface area (Å²) in [5.74, 6) is -0.217. The van der Waals surface area contributed by atoms with Gasteiger partial charge in [0.2, 0.25) is 0 Å². The average Bonchev–Trinajstić information content (AvgIpc) is 2.56. The smallest absolute Gasteiger partial charge is 0.123 e. The van der Waals surface area contributed by atoms with Crippen LogP contribution in [-0.4, -0.2) is 4.37 Å². The summed E-state index contributed by atoms with van der Waals surface area (Å²) in [5, 5.41) is 0. The van der Waals surface area contributed by atoms with Crippen molar-refractivity contribution in [3.63, 3.8) is 0 Å². The van der Waals surface area contributed by atoms with Gasteiger partial charge in [0.15, 0.2) is 0 Å². The molecule has 0 aliphatic carbocycles. The minimum Gasteiger partial charge on any atom is -0.397 e. The zero-order valence-corrected chi connectivity index (χ0v) is 8.22. The van der Waals surface area contributed by atoms with Gasteiger partial charge in [0.05, 0.1) is 16.8 Å². The van der Waals surface area contributed by atoms with E-state index in [4.69, 9.17) is 5.73 Å². The van der Waals surface area contributed by atoms with Crippen molar-refractivity contribution in [1.82, 2.24) is 4.37 Å². The first-order chi connectivity index (χ1) is 6.75. The summed E-state index contributed by atoms with van der Waals surface area (Å²) in [4.78, 5) is 1.02. The van der Waals surface area contributed by atoms with Gasteiger partial charge in [-0.3, -0.25) is 0 Å². The van der Waals surface area contributed by atoms with E-state index >= 15 is 0 Å². The lowest BCUT2D eigenvalue weighted by molar-refractivity contribution is 0.627. The molecule has 4 heteroatoms. The van der Waals surface area contributed by atoms with Crippen molar-refractivity contribution in [2.45, 2.75) is 6.42 Å². The van der Waals surface area contributed by atoms with Gasteiger partial charge in [-0.05, 0) is 29.2 Å². The van der Waals surface area contributed by atoms with Crippen LogP contribution < -0.4 is 5.73 Å². The molecule has 72 valence electrons. The summed E-state index contributed by atoms with van der Waals surface area (Å²) in [6.45, 7) is 0. The van der Waals surface area contributed by atoms with E-state index in [0.717, 1.165) is 16.9 Å². The lowest BCUT2D eigenvalue weighted by Gasteiger charge is -1.98. The van der Waals surface area contributed by atoms with Gasteiger partial charge in [0.1, 0.15) is 5.82 Å². The molecule has 0 saturated carbocycles. The number of anilines is 1. The highest BCUT2D eigenvalue weighted by Crippen LogP contribution is 2.19. The molecule has 2 nitrogen and oxygen atoms in total. The molecular formula is C10H9FN2S. The number of rotatable bonds is 2. The van der Waals surface area contributed by atoms with Crippen LogP contribution in [0.3, 0.4) is 0 Å². The fraction of sp³-hybridized carbons (Fsp3) is 0.100. The number of aromatic nitrogens is 1. The molecule has 0 fully saturated rings. The van der Waals surface area contributed by atoms with Gasteiger partial charge in [-0.15, -0.1) is 0 Å². The Hall–Kier alpha value is -1.42. The van der Waals surface area contributed by atoms with E-state index in [1.807, 2.05) is 0 Å². The number of hydrogen-bond donors (Lipinski definition) is 1. The van der Waals surface area contributed by atoms with Crippen molar-refractivity contribution in [2.75, 3.05) is 5.73 Å². The minimum atomic E-state index is -0.217. The van der Waals surface area contributed by atoms with Crippen molar-refractivity contribution in [3.8, 4) is 0 Å².